The molecule has 0 saturated carbocycles. The predicted octanol–water partition coefficient (Wildman–Crippen LogP) is 9.90. The van der Waals surface area contributed by atoms with Crippen molar-refractivity contribution in [2.75, 3.05) is 23.1 Å². The Labute approximate surface area is 335 Å². The molecule has 0 fully saturated rings. The minimum Gasteiger partial charge on any atom is -0.343 e. The van der Waals surface area contributed by atoms with Crippen LogP contribution in [0.4, 0.5) is 49.6 Å². The Morgan fingerprint density at radius 2 is 1.29 bits per heavy atom. The van der Waals surface area contributed by atoms with E-state index in [1.165, 1.54) is 18.6 Å². The van der Waals surface area contributed by atoms with Crippen molar-refractivity contribution in [2.45, 2.75) is 18.4 Å². The molecule has 0 saturated heterocycles. The van der Waals surface area contributed by atoms with Gasteiger partial charge in [0.25, 0.3) is 0 Å². The molecule has 2 heterocycles. The minimum atomic E-state index is -2.78. The number of halogens is 7. The van der Waals surface area contributed by atoms with E-state index in [4.69, 9.17) is 21.6 Å². The fourth-order valence-corrected chi connectivity index (χ4v) is 7.68. The molecule has 20 heteroatoms. The number of aromatic nitrogens is 4. The van der Waals surface area contributed by atoms with E-state index in [0.717, 1.165) is 47.8 Å². The number of rotatable bonds is 10. The van der Waals surface area contributed by atoms with Crippen LogP contribution in [-0.4, -0.2) is 41.2 Å². The number of anilines is 4. The van der Waals surface area contributed by atoms with Crippen molar-refractivity contribution in [1.29, 1.82) is 10.0 Å². The van der Waals surface area contributed by atoms with Crippen molar-refractivity contribution in [1.82, 2.24) is 19.9 Å². The highest BCUT2D eigenvalue weighted by Gasteiger charge is 2.17. The molecule has 302 valence electrons. The van der Waals surface area contributed by atoms with Crippen molar-refractivity contribution < 1.29 is 35.1 Å². The maximum atomic E-state index is 14.2. The van der Waals surface area contributed by atoms with Gasteiger partial charge in [0.2, 0.25) is 18.1 Å². The van der Waals surface area contributed by atoms with E-state index in [1.54, 1.807) is 30.5 Å². The third kappa shape index (κ3) is 12.0. The van der Waals surface area contributed by atoms with Crippen LogP contribution in [0.25, 0.3) is 22.5 Å². The van der Waals surface area contributed by atoms with Gasteiger partial charge in [0.15, 0.2) is 11.6 Å². The minimum absolute atomic E-state index is 0.00143. The molecule has 58 heavy (non-hydrogen) atoms. The number of nitriles is 1. The van der Waals surface area contributed by atoms with Crippen molar-refractivity contribution in [3.05, 3.63) is 142 Å². The highest BCUT2D eigenvalue weighted by molar-refractivity contribution is 7.98. The van der Waals surface area contributed by atoms with Crippen LogP contribution >= 0.6 is 11.6 Å². The highest BCUT2D eigenvalue weighted by atomic mass is 35.5. The molecular formula is C38H32ClF6N9O2S2. The summed E-state index contributed by atoms with van der Waals surface area (Å²) in [5.41, 5.74) is 2.09. The first kappa shape index (κ1) is 43.2. The Morgan fingerprint density at radius 1 is 0.793 bits per heavy atom. The maximum Gasteiger partial charge on any atom is 0.227 e. The van der Waals surface area contributed by atoms with E-state index < -0.39 is 54.7 Å². The summed E-state index contributed by atoms with van der Waals surface area (Å²) in [6, 6.07) is 15.6. The Hall–Kier alpha value is -5.94. The highest BCUT2D eigenvalue weighted by Crippen LogP contribution is 2.29. The first-order chi connectivity index (χ1) is 27.3. The third-order valence-corrected chi connectivity index (χ3v) is 10.2. The maximum absolute atomic E-state index is 14.2. The second-order valence-electron chi connectivity index (χ2n) is 12.9. The summed E-state index contributed by atoms with van der Waals surface area (Å²) >= 11 is 6.05. The number of hydrogen-bond donors (Lipinski definition) is 5. The summed E-state index contributed by atoms with van der Waals surface area (Å²) in [6.45, 7) is 1.84. The average Bonchev–Trinajstić information content (AvgIpc) is 3.09. The molecule has 4 N–H and O–H groups in total. The standard InChI is InChI=1S/C20H18F3N5OS.C18H14ClF3N4OS/c1-12-5-13(10-30(2,29)26-11-24)7-15(6-12)27-20-25-9-18(23)19(28-20)16-4-3-14(21)8-17(16)22;1-28(23,27)9-10-4-11(19)6-13(5-10)25-18-24-8-16(22)17(26-18)14-3-2-12(20)7-15(14)21/h3-9,30H,10H2,1-2H3,(H,26,29)(H,25,27,28);2-8,23H,9H2,1H3,(H,24,25,26). The summed E-state index contributed by atoms with van der Waals surface area (Å²) in [6.07, 6.45) is 6.23. The Bertz CT molecular complexity index is 2730. The smallest absolute Gasteiger partial charge is 0.227 e. The van der Waals surface area contributed by atoms with Gasteiger partial charge in [-0.15, -0.1) is 4.36 Å². The number of aryl methyl sites for hydroxylation is 1. The zero-order chi connectivity index (χ0) is 42.4. The van der Waals surface area contributed by atoms with E-state index in [0.29, 0.717) is 34.1 Å². The van der Waals surface area contributed by atoms with Gasteiger partial charge in [-0.3, -0.25) is 4.78 Å². The van der Waals surface area contributed by atoms with Crippen molar-refractivity contribution >= 4 is 54.7 Å². The molecule has 1 unspecified atom stereocenters. The summed E-state index contributed by atoms with van der Waals surface area (Å²) in [7, 11) is -5.55. The molecule has 0 bridgehead atoms. The fourth-order valence-electron chi connectivity index (χ4n) is 5.48. The number of hydrogen-bond acceptors (Lipinski definition) is 10. The van der Waals surface area contributed by atoms with E-state index >= 15 is 0 Å². The van der Waals surface area contributed by atoms with Crippen LogP contribution in [0.15, 0.2) is 89.6 Å². The molecular weight excluding hydrogens is 828 g/mol. The van der Waals surface area contributed by atoms with E-state index in [2.05, 4.69) is 34.9 Å². The molecule has 0 amide bonds. The first-order valence-electron chi connectivity index (χ1n) is 16.6. The SMILES string of the molecule is CS(=N)(=O)Cc1cc(Cl)cc(Nc2ncc(F)c(-c3ccc(F)cc3F)n2)c1.Cc1cc(C[SH](C)(O)=NC#N)cc(Nc2ncc(F)c(-c3ccc(F)cc3F)n2)c1. The first-order valence-corrected chi connectivity index (χ1v) is 21.4. The van der Waals surface area contributed by atoms with Gasteiger partial charge in [-0.05, 0) is 84.5 Å². The van der Waals surface area contributed by atoms with Gasteiger partial charge in [0.1, 0.15) is 34.7 Å². The largest absolute Gasteiger partial charge is 0.343 e. The molecule has 2 aromatic heterocycles. The molecule has 6 aromatic rings. The fraction of sp³-hybridized carbons (Fsp3) is 0.132. The Kier molecular flexibility index (Phi) is 13.5. The van der Waals surface area contributed by atoms with Crippen molar-refractivity contribution in [3.63, 3.8) is 0 Å². The lowest BCUT2D eigenvalue weighted by atomic mass is 10.1. The van der Waals surface area contributed by atoms with Crippen LogP contribution in [0, 0.1) is 58.1 Å². The van der Waals surface area contributed by atoms with Gasteiger partial charge in [-0.1, -0.05) is 27.8 Å². The van der Waals surface area contributed by atoms with Crippen molar-refractivity contribution in [3.8, 4) is 28.7 Å². The van der Waals surface area contributed by atoms with Crippen LogP contribution in [0.2, 0.25) is 5.02 Å². The van der Waals surface area contributed by atoms with Crippen LogP contribution in [0.3, 0.4) is 0 Å². The van der Waals surface area contributed by atoms with Crippen LogP contribution in [-0.2, 0) is 31.3 Å². The van der Waals surface area contributed by atoms with Gasteiger partial charge in [-0.2, -0.15) is 5.26 Å². The third-order valence-electron chi connectivity index (χ3n) is 7.65. The average molecular weight is 860 g/mol. The van der Waals surface area contributed by atoms with Gasteiger partial charge in [0.05, 0.1) is 18.1 Å². The zero-order valence-corrected chi connectivity index (χ0v) is 33.0. The lowest BCUT2D eigenvalue weighted by molar-refractivity contribution is 0.580. The Balaban J connectivity index is 0.000000221. The van der Waals surface area contributed by atoms with Crippen LogP contribution in [0.5, 0.6) is 0 Å². The quantitative estimate of drug-likeness (QED) is 0.0511. The molecule has 0 radical (unpaired) electrons. The second kappa shape index (κ2) is 18.1. The number of nitrogens with one attached hydrogen (secondary N) is 3. The van der Waals surface area contributed by atoms with Gasteiger partial charge >= 0.3 is 0 Å². The van der Waals surface area contributed by atoms with Crippen molar-refractivity contribution in [2.24, 2.45) is 4.36 Å². The molecule has 0 spiro atoms. The summed E-state index contributed by atoms with van der Waals surface area (Å²) in [5, 5.41) is 14.8. The topological polar surface area (TPSA) is 173 Å². The molecule has 0 aliphatic heterocycles. The number of thiol groups is 1. The lowest BCUT2D eigenvalue weighted by Crippen LogP contribution is -2.10. The Morgan fingerprint density at radius 3 is 1.78 bits per heavy atom. The molecule has 1 atom stereocenters. The monoisotopic (exact) mass is 859 g/mol. The summed E-state index contributed by atoms with van der Waals surface area (Å²) in [4.78, 5) is 15.7. The summed E-state index contributed by atoms with van der Waals surface area (Å²) in [5.74, 6) is -5.03. The molecule has 4 aromatic carbocycles. The van der Waals surface area contributed by atoms with Gasteiger partial charge in [0, 0.05) is 61.4 Å². The molecule has 6 rings (SSSR count). The predicted molar refractivity (Wildman–Crippen MR) is 213 cm³/mol. The van der Waals surface area contributed by atoms with Crippen LogP contribution in [0.1, 0.15) is 16.7 Å². The number of nitrogens with zero attached hydrogens (tertiary/aromatic N) is 6. The number of benzene rings is 4. The molecule has 0 aliphatic rings. The molecule has 0 aliphatic carbocycles. The van der Waals surface area contributed by atoms with E-state index in [1.807, 2.05) is 13.0 Å². The van der Waals surface area contributed by atoms with E-state index in [9.17, 15) is 35.1 Å². The second-order valence-corrected chi connectivity index (χ2v) is 18.4. The zero-order valence-electron chi connectivity index (χ0n) is 30.5. The lowest BCUT2D eigenvalue weighted by Gasteiger charge is -2.17. The van der Waals surface area contributed by atoms with Gasteiger partial charge < -0.3 is 15.2 Å². The van der Waals surface area contributed by atoms with E-state index in [-0.39, 0.29) is 45.9 Å². The van der Waals surface area contributed by atoms with Gasteiger partial charge in [-0.25, -0.2) is 50.5 Å². The molecule has 11 nitrogen and oxygen atoms in total. The summed E-state index contributed by atoms with van der Waals surface area (Å²) < 4.78 is 116. The normalized spacial score (nSPS) is 12.4. The van der Waals surface area contributed by atoms with Crippen LogP contribution < -0.4 is 10.6 Å².